The van der Waals surface area contributed by atoms with Crippen LogP contribution in [0, 0.1) is 0 Å². The highest BCUT2D eigenvalue weighted by molar-refractivity contribution is 6.63. The fourth-order valence-corrected chi connectivity index (χ4v) is 6.62. The summed E-state index contributed by atoms with van der Waals surface area (Å²) < 4.78 is 16.7. The van der Waals surface area contributed by atoms with Gasteiger partial charge in [-0.25, -0.2) is 0 Å². The van der Waals surface area contributed by atoms with Crippen molar-refractivity contribution in [3.05, 3.63) is 30.7 Å². The molecule has 0 saturated carbocycles. The summed E-state index contributed by atoms with van der Waals surface area (Å²) in [4.78, 5) is 13.0. The van der Waals surface area contributed by atoms with Crippen molar-refractivity contribution in [3.8, 4) is 0 Å². The maximum Gasteiger partial charge on any atom is 0.503 e. The van der Waals surface area contributed by atoms with E-state index in [2.05, 4.69) is 6.92 Å². The molecule has 4 nitrogen and oxygen atoms in total. The average Bonchev–Trinajstić information content (AvgIpc) is 2.64. The molecular weight excluding hydrogens is 462 g/mol. The average molecular weight is 483 g/mol. The van der Waals surface area contributed by atoms with Crippen molar-refractivity contribution in [2.75, 3.05) is 21.3 Å². The zero-order chi connectivity index (χ0) is 20.1. The van der Waals surface area contributed by atoms with Gasteiger partial charge in [-0.05, 0) is 6.42 Å². The van der Waals surface area contributed by atoms with Crippen LogP contribution >= 0.6 is 58.0 Å². The number of hydrogen-bond acceptors (Lipinski definition) is 4. The van der Waals surface area contributed by atoms with E-state index in [0.717, 1.165) is 12.8 Å². The molecule has 0 spiro atoms. The summed E-state index contributed by atoms with van der Waals surface area (Å²) in [5, 5.41) is -0.0543. The van der Waals surface area contributed by atoms with Gasteiger partial charge >= 0.3 is 8.80 Å². The Labute approximate surface area is 180 Å². The van der Waals surface area contributed by atoms with Gasteiger partial charge in [-0.15, -0.1) is 0 Å². The van der Waals surface area contributed by atoms with Gasteiger partial charge in [0.1, 0.15) is 0 Å². The van der Waals surface area contributed by atoms with Gasteiger partial charge in [0.05, 0.1) is 30.7 Å². The van der Waals surface area contributed by atoms with Crippen LogP contribution in [-0.4, -0.2) is 35.9 Å². The van der Waals surface area contributed by atoms with E-state index in [0.29, 0.717) is 6.42 Å². The minimum Gasteiger partial charge on any atom is -0.377 e. The monoisotopic (exact) mass is 480 g/mol. The molecule has 0 bridgehead atoms. The molecule has 1 atom stereocenters. The molecule has 0 N–H and O–H groups in total. The summed E-state index contributed by atoms with van der Waals surface area (Å²) in [6, 6.07) is 0. The SMILES string of the molecule is CCCCC(CC(=O)c1c(Cl)c(Cl)c(Cl)c(Cl)c1Cl)[Si](OC)(OC)OC. The first-order valence-corrected chi connectivity index (χ1v) is 11.6. The fraction of sp³-hybridized carbons (Fsp3) is 0.562. The van der Waals surface area contributed by atoms with Crippen molar-refractivity contribution >= 4 is 72.6 Å². The predicted octanol–water partition coefficient (Wildman–Crippen LogP) is 6.96. The molecule has 10 heteroatoms. The van der Waals surface area contributed by atoms with Crippen LogP contribution in [0.4, 0.5) is 0 Å². The van der Waals surface area contributed by atoms with Gasteiger partial charge in [-0.3, -0.25) is 4.79 Å². The Kier molecular flexibility index (Phi) is 10.2. The van der Waals surface area contributed by atoms with Crippen LogP contribution in [0.1, 0.15) is 43.0 Å². The zero-order valence-corrected chi connectivity index (χ0v) is 19.7. The lowest BCUT2D eigenvalue weighted by atomic mass is 10.0. The molecule has 0 aliphatic rings. The number of carbonyl (C=O) groups excluding carboxylic acids is 1. The highest BCUT2D eigenvalue weighted by atomic mass is 35.5. The highest BCUT2D eigenvalue weighted by Crippen LogP contribution is 2.45. The molecule has 0 aliphatic carbocycles. The third-order valence-electron chi connectivity index (χ3n) is 4.18. The second-order valence-electron chi connectivity index (χ2n) is 5.63. The van der Waals surface area contributed by atoms with Gasteiger partial charge in [0.2, 0.25) is 0 Å². The van der Waals surface area contributed by atoms with Crippen molar-refractivity contribution in [1.29, 1.82) is 0 Å². The Bertz CT molecular complexity index is 615. The molecule has 0 aromatic heterocycles. The van der Waals surface area contributed by atoms with E-state index in [4.69, 9.17) is 71.3 Å². The van der Waals surface area contributed by atoms with Crippen LogP contribution in [0.5, 0.6) is 0 Å². The molecule has 148 valence electrons. The standard InChI is InChI=1S/C16H21Cl5O4Si/c1-5-6-7-9(26(23-2,24-3)25-4)8-10(22)11-12(17)14(19)16(21)15(20)13(11)18/h9H,5-8H2,1-4H3. The largest absolute Gasteiger partial charge is 0.503 e. The minimum absolute atomic E-state index is 0.00933. The summed E-state index contributed by atoms with van der Waals surface area (Å²) in [5.41, 5.74) is -0.226. The van der Waals surface area contributed by atoms with E-state index >= 15 is 0 Å². The number of carbonyl (C=O) groups is 1. The van der Waals surface area contributed by atoms with E-state index in [1.54, 1.807) is 0 Å². The lowest BCUT2D eigenvalue weighted by Gasteiger charge is -2.32. The van der Waals surface area contributed by atoms with Gasteiger partial charge in [-0.1, -0.05) is 77.8 Å². The highest BCUT2D eigenvalue weighted by Gasteiger charge is 2.48. The summed E-state index contributed by atoms with van der Waals surface area (Å²) in [5.74, 6) is -0.329. The molecule has 26 heavy (non-hydrogen) atoms. The summed E-state index contributed by atoms with van der Waals surface area (Å²) in [6.07, 6.45) is 2.59. The Morgan fingerprint density at radius 3 is 1.69 bits per heavy atom. The normalized spacial score (nSPS) is 13.1. The molecule has 1 rings (SSSR count). The van der Waals surface area contributed by atoms with E-state index in [1.807, 2.05) is 0 Å². The molecule has 0 aliphatic heterocycles. The third-order valence-corrected chi connectivity index (χ3v) is 9.66. The molecule has 0 amide bonds. The Morgan fingerprint density at radius 1 is 0.885 bits per heavy atom. The van der Waals surface area contributed by atoms with Crippen LogP contribution in [0.2, 0.25) is 30.7 Å². The van der Waals surface area contributed by atoms with Crippen LogP contribution in [0.3, 0.4) is 0 Å². The van der Waals surface area contributed by atoms with Crippen molar-refractivity contribution in [2.45, 2.75) is 38.1 Å². The van der Waals surface area contributed by atoms with E-state index in [-0.39, 0.29) is 48.4 Å². The van der Waals surface area contributed by atoms with Crippen molar-refractivity contribution < 1.29 is 18.1 Å². The first-order chi connectivity index (χ1) is 12.2. The second kappa shape index (κ2) is 10.8. The first-order valence-electron chi connectivity index (χ1n) is 7.90. The van der Waals surface area contributed by atoms with E-state index in [9.17, 15) is 4.79 Å². The van der Waals surface area contributed by atoms with Crippen LogP contribution in [0.25, 0.3) is 0 Å². The summed E-state index contributed by atoms with van der Waals surface area (Å²) in [7, 11) is 1.49. The van der Waals surface area contributed by atoms with Crippen LogP contribution in [-0.2, 0) is 13.3 Å². The first kappa shape index (κ1) is 24.5. The van der Waals surface area contributed by atoms with Crippen LogP contribution < -0.4 is 0 Å². The Morgan fingerprint density at radius 2 is 1.31 bits per heavy atom. The van der Waals surface area contributed by atoms with Crippen molar-refractivity contribution in [2.24, 2.45) is 0 Å². The van der Waals surface area contributed by atoms with Gasteiger partial charge in [0.15, 0.2) is 5.78 Å². The lowest BCUT2D eigenvalue weighted by molar-refractivity contribution is 0.0895. The summed E-state index contributed by atoms with van der Waals surface area (Å²) in [6.45, 7) is 2.06. The number of hydrogen-bond donors (Lipinski definition) is 0. The third kappa shape index (κ3) is 5.07. The van der Waals surface area contributed by atoms with E-state index < -0.39 is 8.80 Å². The number of benzene rings is 1. The van der Waals surface area contributed by atoms with Crippen LogP contribution in [0.15, 0.2) is 0 Å². The molecule has 0 fully saturated rings. The predicted molar refractivity (Wildman–Crippen MR) is 110 cm³/mol. The molecular formula is C16H21Cl5O4Si. The number of unbranched alkanes of at least 4 members (excludes halogenated alkanes) is 1. The summed E-state index contributed by atoms with van der Waals surface area (Å²) >= 11 is 30.5. The molecule has 1 aromatic carbocycles. The Hall–Kier alpha value is 0.437. The molecule has 1 unspecified atom stereocenters. The topological polar surface area (TPSA) is 44.8 Å². The maximum atomic E-state index is 13.0. The molecule has 0 saturated heterocycles. The van der Waals surface area contributed by atoms with Gasteiger partial charge in [0, 0.05) is 33.3 Å². The Balaban J connectivity index is 3.31. The fourth-order valence-electron chi connectivity index (χ4n) is 2.78. The number of Topliss-reactive ketones (excluding diaryl/α,β-unsaturated/α-hetero) is 1. The molecule has 0 heterocycles. The lowest BCUT2D eigenvalue weighted by Crippen LogP contribution is -2.48. The smallest absolute Gasteiger partial charge is 0.377 e. The minimum atomic E-state index is -3.05. The van der Waals surface area contributed by atoms with Gasteiger partial charge < -0.3 is 13.3 Å². The number of ketones is 1. The maximum absolute atomic E-state index is 13.0. The van der Waals surface area contributed by atoms with E-state index in [1.165, 1.54) is 21.3 Å². The number of halogens is 5. The second-order valence-corrected chi connectivity index (χ2v) is 10.8. The molecule has 1 aromatic rings. The number of rotatable bonds is 10. The van der Waals surface area contributed by atoms with Crippen molar-refractivity contribution in [3.63, 3.8) is 0 Å². The van der Waals surface area contributed by atoms with Gasteiger partial charge in [-0.2, -0.15) is 0 Å². The van der Waals surface area contributed by atoms with Crippen molar-refractivity contribution in [1.82, 2.24) is 0 Å². The molecule has 0 radical (unpaired) electrons. The van der Waals surface area contributed by atoms with Gasteiger partial charge in [0.25, 0.3) is 0 Å². The zero-order valence-electron chi connectivity index (χ0n) is 14.9. The quantitative estimate of drug-likeness (QED) is 0.156.